The molecular formula is C28H50F3N3O5SSi. The third-order valence-electron chi connectivity index (χ3n) is 7.13. The molecule has 1 aromatic rings. The fourth-order valence-electron chi connectivity index (χ4n) is 5.40. The molecule has 41 heavy (non-hydrogen) atoms. The van der Waals surface area contributed by atoms with Gasteiger partial charge >= 0.3 is 12.3 Å². The molecule has 1 rings (SSSR count). The summed E-state index contributed by atoms with van der Waals surface area (Å²) in [5, 5.41) is 17.7. The Morgan fingerprint density at radius 2 is 1.54 bits per heavy atom. The van der Waals surface area contributed by atoms with Crippen LogP contribution in [0.25, 0.3) is 0 Å². The number of hydrogen-bond donors (Lipinski definition) is 3. The van der Waals surface area contributed by atoms with Crippen LogP contribution in [0.4, 0.5) is 18.0 Å². The van der Waals surface area contributed by atoms with Crippen molar-refractivity contribution in [1.29, 1.82) is 0 Å². The number of aliphatic hydroxyl groups is 1. The third kappa shape index (κ3) is 12.2. The zero-order valence-corrected chi connectivity index (χ0v) is 27.9. The van der Waals surface area contributed by atoms with Gasteiger partial charge in [0.15, 0.2) is 0 Å². The highest BCUT2D eigenvalue weighted by Crippen LogP contribution is 2.43. The highest BCUT2D eigenvalue weighted by Gasteiger charge is 2.46. The van der Waals surface area contributed by atoms with Gasteiger partial charge in [-0.2, -0.15) is 13.2 Å². The summed E-state index contributed by atoms with van der Waals surface area (Å²) >= 11 is 1.08. The maximum atomic E-state index is 13.5. The van der Waals surface area contributed by atoms with Crippen LogP contribution < -0.4 is 10.6 Å². The minimum atomic E-state index is -4.48. The molecule has 0 bridgehead atoms. The van der Waals surface area contributed by atoms with Crippen molar-refractivity contribution >= 4 is 31.7 Å². The monoisotopic (exact) mass is 625 g/mol. The Balaban J connectivity index is 3.17. The Morgan fingerprint density at radius 1 is 0.976 bits per heavy atom. The SMILES string of the molecule is CC(CC[C@H](NC(=O)OC(C)(C)C)C(=O)N[C@@H](CCC(F)(F)F)C(O)c1nccs1)O[Si](C(C)C)(C(C)C)C(C)C. The van der Waals surface area contributed by atoms with Crippen molar-refractivity contribution in [2.75, 3.05) is 0 Å². The first-order valence-electron chi connectivity index (χ1n) is 14.3. The maximum Gasteiger partial charge on any atom is 0.408 e. The van der Waals surface area contributed by atoms with Gasteiger partial charge in [0.25, 0.3) is 0 Å². The van der Waals surface area contributed by atoms with E-state index in [1.165, 1.54) is 6.20 Å². The molecule has 2 amide bonds. The van der Waals surface area contributed by atoms with Crippen LogP contribution in [-0.2, 0) is 14.0 Å². The number of aromatic nitrogens is 1. The Kier molecular flexibility index (Phi) is 14.3. The lowest BCUT2D eigenvalue weighted by atomic mass is 10.0. The van der Waals surface area contributed by atoms with E-state index in [9.17, 15) is 27.9 Å². The van der Waals surface area contributed by atoms with Gasteiger partial charge in [0.1, 0.15) is 22.8 Å². The van der Waals surface area contributed by atoms with Crippen molar-refractivity contribution in [1.82, 2.24) is 15.6 Å². The molecule has 13 heteroatoms. The van der Waals surface area contributed by atoms with E-state index >= 15 is 0 Å². The number of thiazole rings is 1. The molecule has 238 valence electrons. The molecule has 0 aliphatic heterocycles. The molecule has 0 spiro atoms. The predicted molar refractivity (Wildman–Crippen MR) is 158 cm³/mol. The molecule has 4 atom stereocenters. The van der Waals surface area contributed by atoms with Crippen molar-refractivity contribution in [3.8, 4) is 0 Å². The molecule has 0 aliphatic carbocycles. The molecule has 3 N–H and O–H groups in total. The molecule has 0 radical (unpaired) electrons. The van der Waals surface area contributed by atoms with Crippen LogP contribution in [0.2, 0.25) is 16.6 Å². The lowest BCUT2D eigenvalue weighted by Gasteiger charge is -2.44. The Morgan fingerprint density at radius 3 is 1.98 bits per heavy atom. The first-order valence-corrected chi connectivity index (χ1v) is 17.3. The second-order valence-electron chi connectivity index (χ2n) is 12.6. The number of aliphatic hydroxyl groups excluding tert-OH is 1. The molecule has 0 saturated heterocycles. The second kappa shape index (κ2) is 15.7. The van der Waals surface area contributed by atoms with Gasteiger partial charge in [-0.25, -0.2) is 9.78 Å². The number of hydrogen-bond acceptors (Lipinski definition) is 7. The van der Waals surface area contributed by atoms with Crippen LogP contribution in [-0.4, -0.2) is 60.4 Å². The Labute approximate surface area is 248 Å². The van der Waals surface area contributed by atoms with Crippen LogP contribution >= 0.6 is 11.3 Å². The van der Waals surface area contributed by atoms with Gasteiger partial charge in [0, 0.05) is 24.1 Å². The fourth-order valence-corrected chi connectivity index (χ4v) is 11.7. The van der Waals surface area contributed by atoms with Crippen LogP contribution in [0.3, 0.4) is 0 Å². The van der Waals surface area contributed by atoms with Gasteiger partial charge < -0.3 is 24.9 Å². The molecule has 0 fully saturated rings. The zero-order chi connectivity index (χ0) is 31.8. The summed E-state index contributed by atoms with van der Waals surface area (Å²) in [7, 11) is -2.21. The van der Waals surface area contributed by atoms with E-state index in [0.717, 1.165) is 11.3 Å². The molecule has 1 aromatic heterocycles. The summed E-state index contributed by atoms with van der Waals surface area (Å²) in [6.45, 7) is 20.0. The second-order valence-corrected chi connectivity index (χ2v) is 18.9. The summed E-state index contributed by atoms with van der Waals surface area (Å²) < 4.78 is 51.3. The van der Waals surface area contributed by atoms with Crippen molar-refractivity contribution < 1.29 is 37.0 Å². The number of ether oxygens (including phenoxy) is 1. The van der Waals surface area contributed by atoms with Gasteiger partial charge in [-0.3, -0.25) is 4.79 Å². The van der Waals surface area contributed by atoms with Crippen molar-refractivity contribution in [2.24, 2.45) is 0 Å². The summed E-state index contributed by atoms with van der Waals surface area (Å²) in [6.07, 6.45) is -6.75. The van der Waals surface area contributed by atoms with Crippen molar-refractivity contribution in [3.63, 3.8) is 0 Å². The first-order chi connectivity index (χ1) is 18.7. The number of carbonyl (C=O) groups is 2. The normalized spacial score (nSPS) is 16.0. The third-order valence-corrected chi connectivity index (χ3v) is 14.2. The summed E-state index contributed by atoms with van der Waals surface area (Å²) in [5.74, 6) is -0.717. The van der Waals surface area contributed by atoms with E-state index in [-0.39, 0.29) is 17.5 Å². The highest BCUT2D eigenvalue weighted by molar-refractivity contribution is 7.09. The van der Waals surface area contributed by atoms with Crippen molar-refractivity contribution in [3.05, 3.63) is 16.6 Å². The molecule has 0 aliphatic rings. The molecular weight excluding hydrogens is 575 g/mol. The molecule has 2 unspecified atom stereocenters. The fraction of sp³-hybridized carbons (Fsp3) is 0.821. The van der Waals surface area contributed by atoms with E-state index in [0.29, 0.717) is 23.0 Å². The van der Waals surface area contributed by atoms with Crippen LogP contribution in [0.15, 0.2) is 11.6 Å². The van der Waals surface area contributed by atoms with Crippen LogP contribution in [0.5, 0.6) is 0 Å². The van der Waals surface area contributed by atoms with Gasteiger partial charge in [-0.15, -0.1) is 11.3 Å². The number of carbonyl (C=O) groups excluding carboxylic acids is 2. The van der Waals surface area contributed by atoms with Crippen molar-refractivity contribution in [2.45, 2.75) is 148 Å². The Bertz CT molecular complexity index is 918. The topological polar surface area (TPSA) is 110 Å². The van der Waals surface area contributed by atoms with E-state index in [4.69, 9.17) is 9.16 Å². The Hall–Kier alpha value is -1.70. The summed E-state index contributed by atoms with van der Waals surface area (Å²) in [5.41, 5.74) is 0.233. The highest BCUT2D eigenvalue weighted by atomic mass is 32.1. The minimum Gasteiger partial charge on any atom is -0.444 e. The number of amides is 2. The van der Waals surface area contributed by atoms with E-state index in [2.05, 4.69) is 57.2 Å². The number of alkyl carbamates (subject to hydrolysis) is 1. The maximum absolute atomic E-state index is 13.5. The number of alkyl halides is 3. The van der Waals surface area contributed by atoms with E-state index in [1.54, 1.807) is 26.2 Å². The lowest BCUT2D eigenvalue weighted by Crippen LogP contribution is -2.52. The van der Waals surface area contributed by atoms with Crippen LogP contribution in [0, 0.1) is 0 Å². The molecule has 0 saturated carbocycles. The smallest absolute Gasteiger partial charge is 0.408 e. The number of rotatable bonds is 15. The average molecular weight is 626 g/mol. The van der Waals surface area contributed by atoms with E-state index in [1.807, 2.05) is 6.92 Å². The standard InChI is InChI=1S/C28H50F3N3O5SSi/c1-17(2)41(18(3)4,19(5)6)39-20(7)11-12-22(34-26(37)38-27(8,9)10)24(36)33-21(13-14-28(29,30)31)23(35)25-32-15-16-40-25/h15-23,35H,11-14H2,1-10H3,(H,33,36)(H,34,37)/t20?,21-,22-,23?/m0/s1. The minimum absolute atomic E-state index is 0.157. The molecule has 0 aromatic carbocycles. The summed E-state index contributed by atoms with van der Waals surface area (Å²) in [4.78, 5) is 30.1. The van der Waals surface area contributed by atoms with Gasteiger partial charge in [-0.05, 0) is 63.6 Å². The van der Waals surface area contributed by atoms with Crippen LogP contribution in [0.1, 0.15) is 106 Å². The average Bonchev–Trinajstić information content (AvgIpc) is 3.34. The number of nitrogens with one attached hydrogen (secondary N) is 2. The number of halogens is 3. The quantitative estimate of drug-likeness (QED) is 0.177. The van der Waals surface area contributed by atoms with Gasteiger partial charge in [0.2, 0.25) is 14.2 Å². The molecule has 1 heterocycles. The predicted octanol–water partition coefficient (Wildman–Crippen LogP) is 7.26. The van der Waals surface area contributed by atoms with Gasteiger partial charge in [-0.1, -0.05) is 41.5 Å². The largest absolute Gasteiger partial charge is 0.444 e. The zero-order valence-electron chi connectivity index (χ0n) is 26.1. The van der Waals surface area contributed by atoms with Gasteiger partial charge in [0.05, 0.1) is 6.04 Å². The van der Waals surface area contributed by atoms with E-state index < -0.39 is 63.1 Å². The lowest BCUT2D eigenvalue weighted by molar-refractivity contribution is -0.140. The number of nitrogens with zero attached hydrogens (tertiary/aromatic N) is 1. The first kappa shape index (κ1) is 37.3. The molecule has 8 nitrogen and oxygen atoms in total. The summed E-state index contributed by atoms with van der Waals surface area (Å²) in [6, 6.07) is -2.39.